The molecule has 0 spiro atoms. The summed E-state index contributed by atoms with van der Waals surface area (Å²) in [7, 11) is 0. The van der Waals surface area contributed by atoms with Crippen molar-refractivity contribution in [2.75, 3.05) is 43.0 Å². The van der Waals surface area contributed by atoms with E-state index in [1.54, 1.807) is 0 Å². The molecule has 1 saturated heterocycles. The molecule has 0 aromatic heterocycles. The molecular weight excluding hydrogens is 290 g/mol. The Labute approximate surface area is 139 Å². The van der Waals surface area contributed by atoms with Crippen LogP contribution in [0.1, 0.15) is 32.6 Å². The van der Waals surface area contributed by atoms with Gasteiger partial charge in [-0.25, -0.2) is 0 Å². The van der Waals surface area contributed by atoms with Crippen LogP contribution in [-0.2, 0) is 4.79 Å². The average Bonchev–Trinajstić information content (AvgIpc) is 2.60. The van der Waals surface area contributed by atoms with Crippen molar-refractivity contribution in [2.24, 2.45) is 5.92 Å². The van der Waals surface area contributed by atoms with Crippen LogP contribution in [0.3, 0.4) is 0 Å². The van der Waals surface area contributed by atoms with Gasteiger partial charge in [-0.3, -0.25) is 4.79 Å². The third-order valence-corrected chi connectivity index (χ3v) is 4.41. The molecule has 1 amide bonds. The van der Waals surface area contributed by atoms with E-state index in [1.807, 2.05) is 18.2 Å². The van der Waals surface area contributed by atoms with Crippen LogP contribution in [0.15, 0.2) is 24.3 Å². The van der Waals surface area contributed by atoms with Crippen molar-refractivity contribution in [3.05, 3.63) is 24.3 Å². The number of aliphatic hydroxyl groups is 1. The first-order valence-corrected chi connectivity index (χ1v) is 8.70. The first-order chi connectivity index (χ1) is 11.2. The minimum Gasteiger partial charge on any atom is -0.396 e. The predicted molar refractivity (Wildman–Crippen MR) is 94.9 cm³/mol. The molecule has 0 bridgehead atoms. The molecule has 0 radical (unpaired) electrons. The number of carbonyl (C=O) groups is 1. The zero-order valence-electron chi connectivity index (χ0n) is 14.1. The number of anilines is 2. The van der Waals surface area contributed by atoms with Crippen molar-refractivity contribution < 1.29 is 9.90 Å². The number of nitrogens with zero attached hydrogens (tertiary/aromatic N) is 1. The second-order valence-corrected chi connectivity index (χ2v) is 6.19. The highest BCUT2D eigenvalue weighted by molar-refractivity contribution is 5.82. The van der Waals surface area contributed by atoms with Gasteiger partial charge in [-0.05, 0) is 37.3 Å². The van der Waals surface area contributed by atoms with Gasteiger partial charge in [-0.15, -0.1) is 0 Å². The van der Waals surface area contributed by atoms with Crippen LogP contribution in [0.4, 0.5) is 11.4 Å². The molecule has 5 heteroatoms. The van der Waals surface area contributed by atoms with E-state index in [2.05, 4.69) is 28.5 Å². The fourth-order valence-electron chi connectivity index (χ4n) is 2.90. The Morgan fingerprint density at radius 3 is 2.74 bits per heavy atom. The van der Waals surface area contributed by atoms with Crippen molar-refractivity contribution >= 4 is 17.3 Å². The van der Waals surface area contributed by atoms with Gasteiger partial charge in [0.25, 0.3) is 0 Å². The van der Waals surface area contributed by atoms with E-state index < -0.39 is 0 Å². The standard InChI is InChI=1S/C18H29N3O2/c1-2-3-10-19-18(23)13-20-16-6-4-5-7-17(16)21-11-8-15(14-22)9-12-21/h4-7,15,20,22H,2-3,8-14H2,1H3,(H,19,23). The monoisotopic (exact) mass is 319 g/mol. The summed E-state index contributed by atoms with van der Waals surface area (Å²) >= 11 is 0. The van der Waals surface area contributed by atoms with E-state index in [1.165, 1.54) is 0 Å². The van der Waals surface area contributed by atoms with Gasteiger partial charge in [-0.1, -0.05) is 25.5 Å². The maximum atomic E-state index is 11.8. The summed E-state index contributed by atoms with van der Waals surface area (Å²) in [6, 6.07) is 8.13. The quantitative estimate of drug-likeness (QED) is 0.643. The summed E-state index contributed by atoms with van der Waals surface area (Å²) in [5.41, 5.74) is 2.14. The van der Waals surface area contributed by atoms with Crippen LogP contribution in [0.5, 0.6) is 0 Å². The van der Waals surface area contributed by atoms with Crippen molar-refractivity contribution in [2.45, 2.75) is 32.6 Å². The molecule has 1 aromatic rings. The lowest BCUT2D eigenvalue weighted by atomic mass is 9.97. The highest BCUT2D eigenvalue weighted by atomic mass is 16.3. The number of hydrogen-bond donors (Lipinski definition) is 3. The molecule has 0 atom stereocenters. The van der Waals surface area contributed by atoms with E-state index in [9.17, 15) is 9.90 Å². The first-order valence-electron chi connectivity index (χ1n) is 8.70. The molecule has 0 unspecified atom stereocenters. The SMILES string of the molecule is CCCCNC(=O)CNc1ccccc1N1CCC(CO)CC1. The number of carbonyl (C=O) groups excluding carboxylic acids is 1. The van der Waals surface area contributed by atoms with Crippen molar-refractivity contribution in [3.63, 3.8) is 0 Å². The number of amides is 1. The molecule has 23 heavy (non-hydrogen) atoms. The summed E-state index contributed by atoms with van der Waals surface area (Å²) < 4.78 is 0. The molecule has 1 aliphatic rings. The number of hydrogen-bond acceptors (Lipinski definition) is 4. The van der Waals surface area contributed by atoms with Crippen LogP contribution in [0.2, 0.25) is 0 Å². The minimum atomic E-state index is 0.0345. The predicted octanol–water partition coefficient (Wildman–Crippen LogP) is 2.22. The highest BCUT2D eigenvalue weighted by Crippen LogP contribution is 2.29. The molecule has 0 aliphatic carbocycles. The Balaban J connectivity index is 1.89. The maximum absolute atomic E-state index is 11.8. The van der Waals surface area contributed by atoms with Crippen LogP contribution in [-0.4, -0.2) is 43.8 Å². The Hall–Kier alpha value is -1.75. The topological polar surface area (TPSA) is 64.6 Å². The van der Waals surface area contributed by atoms with Gasteiger partial charge in [0.1, 0.15) is 0 Å². The maximum Gasteiger partial charge on any atom is 0.239 e. The highest BCUT2D eigenvalue weighted by Gasteiger charge is 2.20. The summed E-state index contributed by atoms with van der Waals surface area (Å²) in [5.74, 6) is 0.461. The fraction of sp³-hybridized carbons (Fsp3) is 0.611. The summed E-state index contributed by atoms with van der Waals surface area (Å²) in [6.45, 7) is 5.34. The molecule has 128 valence electrons. The summed E-state index contributed by atoms with van der Waals surface area (Å²) in [6.07, 6.45) is 4.13. The average molecular weight is 319 g/mol. The van der Waals surface area contributed by atoms with Gasteiger partial charge in [0.2, 0.25) is 5.91 Å². The number of benzene rings is 1. The molecule has 2 rings (SSSR count). The van der Waals surface area contributed by atoms with Crippen LogP contribution >= 0.6 is 0 Å². The molecule has 3 N–H and O–H groups in total. The molecule has 5 nitrogen and oxygen atoms in total. The molecule has 1 fully saturated rings. The third-order valence-electron chi connectivity index (χ3n) is 4.41. The summed E-state index contributed by atoms with van der Waals surface area (Å²) in [5, 5.41) is 15.4. The van der Waals surface area contributed by atoms with E-state index in [0.717, 1.165) is 56.7 Å². The largest absolute Gasteiger partial charge is 0.396 e. The Kier molecular flexibility index (Phi) is 7.20. The Morgan fingerprint density at radius 1 is 1.30 bits per heavy atom. The number of rotatable bonds is 8. The summed E-state index contributed by atoms with van der Waals surface area (Å²) in [4.78, 5) is 14.2. The lowest BCUT2D eigenvalue weighted by Gasteiger charge is -2.34. The van der Waals surface area contributed by atoms with Crippen molar-refractivity contribution in [1.82, 2.24) is 5.32 Å². The van der Waals surface area contributed by atoms with E-state index >= 15 is 0 Å². The molecule has 1 aliphatic heterocycles. The second-order valence-electron chi connectivity index (χ2n) is 6.19. The molecule has 1 aromatic carbocycles. The van der Waals surface area contributed by atoms with Gasteiger partial charge >= 0.3 is 0 Å². The van der Waals surface area contributed by atoms with Gasteiger partial charge in [0, 0.05) is 26.2 Å². The van der Waals surface area contributed by atoms with Crippen molar-refractivity contribution in [1.29, 1.82) is 0 Å². The fourth-order valence-corrected chi connectivity index (χ4v) is 2.90. The van der Waals surface area contributed by atoms with Gasteiger partial charge < -0.3 is 20.6 Å². The van der Waals surface area contributed by atoms with Gasteiger partial charge in [-0.2, -0.15) is 0 Å². The van der Waals surface area contributed by atoms with E-state index in [4.69, 9.17) is 0 Å². The van der Waals surface area contributed by atoms with Gasteiger partial charge in [0.05, 0.1) is 17.9 Å². The third kappa shape index (κ3) is 5.43. The number of para-hydroxylation sites is 2. The number of aliphatic hydroxyl groups excluding tert-OH is 1. The first kappa shape index (κ1) is 17.6. The van der Waals surface area contributed by atoms with Crippen molar-refractivity contribution in [3.8, 4) is 0 Å². The van der Waals surface area contributed by atoms with E-state index in [-0.39, 0.29) is 12.5 Å². The van der Waals surface area contributed by atoms with Gasteiger partial charge in [0.15, 0.2) is 0 Å². The Morgan fingerprint density at radius 2 is 2.04 bits per heavy atom. The zero-order valence-corrected chi connectivity index (χ0v) is 14.1. The number of piperidine rings is 1. The number of nitrogens with one attached hydrogen (secondary N) is 2. The molecule has 1 heterocycles. The van der Waals surface area contributed by atoms with Crippen LogP contribution in [0.25, 0.3) is 0 Å². The van der Waals surface area contributed by atoms with Crippen LogP contribution < -0.4 is 15.5 Å². The van der Waals surface area contributed by atoms with Crippen LogP contribution in [0, 0.1) is 5.92 Å². The lowest BCUT2D eigenvalue weighted by molar-refractivity contribution is -0.119. The molecular formula is C18H29N3O2. The smallest absolute Gasteiger partial charge is 0.239 e. The zero-order chi connectivity index (χ0) is 16.5. The molecule has 0 saturated carbocycles. The second kappa shape index (κ2) is 9.40. The Bertz CT molecular complexity index is 485. The number of unbranched alkanes of at least 4 members (excludes halogenated alkanes) is 1. The van der Waals surface area contributed by atoms with E-state index in [0.29, 0.717) is 12.5 Å². The minimum absolute atomic E-state index is 0.0345. The lowest BCUT2D eigenvalue weighted by Crippen LogP contribution is -2.35. The normalized spacial score (nSPS) is 15.5.